The van der Waals surface area contributed by atoms with Crippen LogP contribution >= 0.6 is 15.6 Å². The fourth-order valence-electron chi connectivity index (χ4n) is 5.29. The Morgan fingerprint density at radius 2 is 1.42 bits per heavy atom. The summed E-state index contributed by atoms with van der Waals surface area (Å²) < 4.78 is 47.8. The van der Waals surface area contributed by atoms with Gasteiger partial charge in [-0.3, -0.25) is 27.9 Å². The molecule has 0 bridgehead atoms. The lowest BCUT2D eigenvalue weighted by Crippen LogP contribution is -2.43. The number of nitrogens with zero attached hydrogens (tertiary/aromatic N) is 3. The van der Waals surface area contributed by atoms with Crippen molar-refractivity contribution in [1.29, 1.82) is 0 Å². The molecule has 0 amide bonds. The summed E-state index contributed by atoms with van der Waals surface area (Å²) in [5.74, 6) is -0.840. The number of nitrogens with two attached hydrogens (primary N) is 1. The summed E-state index contributed by atoms with van der Waals surface area (Å²) in [6.07, 6.45) is 14.0. The Bertz CT molecular complexity index is 1270. The highest BCUT2D eigenvalue weighted by Crippen LogP contribution is 2.52. The van der Waals surface area contributed by atoms with E-state index in [0.717, 1.165) is 57.8 Å². The first-order valence-corrected chi connectivity index (χ1v) is 18.5. The Morgan fingerprint density at radius 1 is 0.884 bits per heavy atom. The molecule has 246 valence electrons. The standard InChI is InChI=1S/C27H49N5O9P2/c1-3-5-7-9-11-13-15-38-42(34,35)40-18-21-17-23(32-20-29-24-25(32)30-27(28)31-26(24)33)22(21)19-41-43(36,37)39-16-14-12-10-8-6-4-2/h20-23H,3-19H2,1-2H3,(H,34,35)(H,36,37)(H3,28,30,31,33)/t21-,22+,23-/m1/s1. The molecule has 3 rings (SSSR count). The van der Waals surface area contributed by atoms with Crippen molar-refractivity contribution in [2.24, 2.45) is 11.8 Å². The molecule has 2 heterocycles. The zero-order chi connectivity index (χ0) is 31.3. The van der Waals surface area contributed by atoms with Gasteiger partial charge in [0.1, 0.15) is 0 Å². The molecule has 16 heteroatoms. The third kappa shape index (κ3) is 11.7. The lowest BCUT2D eigenvalue weighted by Gasteiger charge is -2.45. The van der Waals surface area contributed by atoms with Crippen molar-refractivity contribution in [2.45, 2.75) is 103 Å². The van der Waals surface area contributed by atoms with Crippen LogP contribution in [0.1, 0.15) is 103 Å². The van der Waals surface area contributed by atoms with Gasteiger partial charge in [0.25, 0.3) is 5.56 Å². The maximum Gasteiger partial charge on any atom is 0.472 e. The minimum absolute atomic E-state index is 0.0714. The van der Waals surface area contributed by atoms with Gasteiger partial charge in [-0.25, -0.2) is 14.1 Å². The number of hydrogen-bond acceptors (Lipinski definition) is 10. The highest BCUT2D eigenvalue weighted by molar-refractivity contribution is 7.47. The molecule has 2 aromatic rings. The van der Waals surface area contributed by atoms with Crippen molar-refractivity contribution in [3.8, 4) is 0 Å². The van der Waals surface area contributed by atoms with E-state index in [1.807, 2.05) is 0 Å². The van der Waals surface area contributed by atoms with Crippen molar-refractivity contribution in [2.75, 3.05) is 32.2 Å². The number of anilines is 1. The topological polar surface area (TPSA) is 201 Å². The number of phosphoric acid groups is 2. The maximum absolute atomic E-state index is 12.6. The number of hydrogen-bond donors (Lipinski definition) is 4. The molecule has 0 spiro atoms. The van der Waals surface area contributed by atoms with E-state index in [0.29, 0.717) is 19.3 Å². The van der Waals surface area contributed by atoms with E-state index in [-0.39, 0.29) is 55.5 Å². The van der Waals surface area contributed by atoms with Crippen LogP contribution in [0.2, 0.25) is 0 Å². The molecule has 0 aromatic carbocycles. The van der Waals surface area contributed by atoms with Crippen LogP contribution in [-0.2, 0) is 27.2 Å². The average Bonchev–Trinajstić information content (AvgIpc) is 3.35. The molecule has 0 radical (unpaired) electrons. The number of imidazole rings is 1. The molecule has 14 nitrogen and oxygen atoms in total. The molecule has 0 aliphatic heterocycles. The smallest absolute Gasteiger partial charge is 0.369 e. The van der Waals surface area contributed by atoms with Crippen LogP contribution < -0.4 is 11.3 Å². The van der Waals surface area contributed by atoms with Crippen LogP contribution in [0.4, 0.5) is 5.95 Å². The number of aromatic nitrogens is 4. The number of H-pyrrole nitrogens is 1. The molecule has 1 saturated carbocycles. The highest BCUT2D eigenvalue weighted by atomic mass is 31.2. The summed E-state index contributed by atoms with van der Waals surface area (Å²) in [6.45, 7) is 4.17. The highest BCUT2D eigenvalue weighted by Gasteiger charge is 2.45. The Labute approximate surface area is 253 Å². The molecule has 5 atom stereocenters. The van der Waals surface area contributed by atoms with E-state index in [1.165, 1.54) is 12.7 Å². The average molecular weight is 650 g/mol. The monoisotopic (exact) mass is 649 g/mol. The van der Waals surface area contributed by atoms with Gasteiger partial charge in [-0.05, 0) is 25.2 Å². The van der Waals surface area contributed by atoms with Crippen molar-refractivity contribution in [3.63, 3.8) is 0 Å². The maximum atomic E-state index is 12.6. The largest absolute Gasteiger partial charge is 0.472 e. The quantitative estimate of drug-likeness (QED) is 0.0825. The van der Waals surface area contributed by atoms with Gasteiger partial charge in [0.2, 0.25) is 5.95 Å². The first kappa shape index (κ1) is 35.8. The van der Waals surface area contributed by atoms with Gasteiger partial charge in [0, 0.05) is 12.0 Å². The van der Waals surface area contributed by atoms with Crippen LogP contribution in [0.3, 0.4) is 0 Å². The summed E-state index contributed by atoms with van der Waals surface area (Å²) in [5.41, 5.74) is 5.62. The molecular weight excluding hydrogens is 600 g/mol. The minimum atomic E-state index is -4.35. The molecular formula is C27H49N5O9P2. The predicted octanol–water partition coefficient (Wildman–Crippen LogP) is 5.87. The zero-order valence-corrected chi connectivity index (χ0v) is 27.2. The van der Waals surface area contributed by atoms with E-state index >= 15 is 0 Å². The number of fused-ring (bicyclic) bond motifs is 1. The van der Waals surface area contributed by atoms with Gasteiger partial charge in [-0.15, -0.1) is 0 Å². The number of aromatic amines is 1. The van der Waals surface area contributed by atoms with E-state index in [4.69, 9.17) is 23.8 Å². The second kappa shape index (κ2) is 17.8. The van der Waals surface area contributed by atoms with Crippen LogP contribution in [0, 0.1) is 11.8 Å². The van der Waals surface area contributed by atoms with E-state index < -0.39 is 27.1 Å². The molecule has 1 fully saturated rings. The Kier molecular flexibility index (Phi) is 14.8. The second-order valence-electron chi connectivity index (χ2n) is 11.2. The number of phosphoric ester groups is 2. The third-order valence-corrected chi connectivity index (χ3v) is 9.81. The molecule has 1 aliphatic carbocycles. The van der Waals surface area contributed by atoms with Gasteiger partial charge < -0.3 is 20.1 Å². The third-order valence-electron chi connectivity index (χ3n) is 7.84. The van der Waals surface area contributed by atoms with E-state index in [9.17, 15) is 23.7 Å². The van der Waals surface area contributed by atoms with Crippen molar-refractivity contribution in [3.05, 3.63) is 16.7 Å². The fraction of sp³-hybridized carbons (Fsp3) is 0.815. The lowest BCUT2D eigenvalue weighted by molar-refractivity contribution is -0.0108. The Hall–Kier alpha value is -1.63. The van der Waals surface area contributed by atoms with E-state index in [2.05, 4.69) is 28.8 Å². The molecule has 1 aliphatic rings. The van der Waals surface area contributed by atoms with Gasteiger partial charge in [0.15, 0.2) is 11.2 Å². The minimum Gasteiger partial charge on any atom is -0.369 e. The Morgan fingerprint density at radius 3 is 2.00 bits per heavy atom. The van der Waals surface area contributed by atoms with Crippen molar-refractivity contribution < 1.29 is 37.0 Å². The normalized spacial score (nSPS) is 21.4. The lowest BCUT2D eigenvalue weighted by atomic mass is 9.70. The van der Waals surface area contributed by atoms with Crippen LogP contribution in [-0.4, -0.2) is 55.7 Å². The van der Waals surface area contributed by atoms with Crippen LogP contribution in [0.25, 0.3) is 11.2 Å². The molecule has 0 saturated heterocycles. The summed E-state index contributed by atoms with van der Waals surface area (Å²) >= 11 is 0. The first-order valence-electron chi connectivity index (χ1n) is 15.5. The first-order chi connectivity index (χ1) is 20.6. The van der Waals surface area contributed by atoms with Crippen molar-refractivity contribution in [1.82, 2.24) is 19.5 Å². The van der Waals surface area contributed by atoms with Crippen LogP contribution in [0.5, 0.6) is 0 Å². The number of nitrogen functional groups attached to an aromatic ring is 1. The van der Waals surface area contributed by atoms with Crippen molar-refractivity contribution >= 4 is 32.8 Å². The second-order valence-corrected chi connectivity index (χ2v) is 14.1. The predicted molar refractivity (Wildman–Crippen MR) is 163 cm³/mol. The Balaban J connectivity index is 1.58. The van der Waals surface area contributed by atoms with Gasteiger partial charge in [-0.1, -0.05) is 78.1 Å². The van der Waals surface area contributed by atoms with Gasteiger partial charge >= 0.3 is 15.6 Å². The molecule has 2 unspecified atom stereocenters. The summed E-state index contributed by atoms with van der Waals surface area (Å²) in [7, 11) is -8.64. The number of unbranched alkanes of at least 4 members (excludes halogenated alkanes) is 10. The zero-order valence-electron chi connectivity index (χ0n) is 25.4. The SMILES string of the molecule is CCCCCCCCOP(=O)(O)OC[C@H]1C[C@@H](n2cnc3c(=O)[nH]c(N)nc32)[C@H]1COP(=O)(O)OCCCCCCCC. The molecule has 43 heavy (non-hydrogen) atoms. The molecule has 2 aromatic heterocycles. The number of rotatable bonds is 23. The summed E-state index contributed by atoms with van der Waals surface area (Å²) in [6, 6.07) is -0.354. The van der Waals surface area contributed by atoms with Gasteiger partial charge in [-0.2, -0.15) is 4.98 Å². The fourth-order valence-corrected chi connectivity index (χ4v) is 6.90. The number of nitrogens with one attached hydrogen (secondary N) is 1. The summed E-state index contributed by atoms with van der Waals surface area (Å²) in [5, 5.41) is 0. The summed E-state index contributed by atoms with van der Waals surface area (Å²) in [4.78, 5) is 43.6. The van der Waals surface area contributed by atoms with E-state index in [1.54, 1.807) is 4.57 Å². The van der Waals surface area contributed by atoms with Gasteiger partial charge in [0.05, 0.1) is 32.8 Å². The molecule has 5 N–H and O–H groups in total. The van der Waals surface area contributed by atoms with Crippen LogP contribution in [0.15, 0.2) is 11.1 Å².